The number of benzene rings is 1. The minimum atomic E-state index is -0.905. The van der Waals surface area contributed by atoms with Crippen LogP contribution in [0.5, 0.6) is 0 Å². The molecule has 8 heteroatoms. The van der Waals surface area contributed by atoms with Crippen LogP contribution in [0.1, 0.15) is 18.6 Å². The molecule has 0 aliphatic carbocycles. The van der Waals surface area contributed by atoms with Gasteiger partial charge in [-0.1, -0.05) is 23.8 Å². The van der Waals surface area contributed by atoms with Crippen molar-refractivity contribution in [2.45, 2.75) is 12.8 Å². The number of nitrogens with zero attached hydrogens (tertiary/aromatic N) is 1. The van der Waals surface area contributed by atoms with Gasteiger partial charge in [-0.05, 0) is 55.2 Å². The first kappa shape index (κ1) is 21.2. The fraction of sp³-hybridized carbons (Fsp3) is 0.211. The monoisotopic (exact) mass is 423 g/mol. The smallest absolute Gasteiger partial charge is 0.303 e. The summed E-state index contributed by atoms with van der Waals surface area (Å²) < 4.78 is 5.80. The van der Waals surface area contributed by atoms with Gasteiger partial charge in [-0.25, -0.2) is 0 Å². The molecule has 27 heavy (non-hydrogen) atoms. The summed E-state index contributed by atoms with van der Waals surface area (Å²) in [5.74, 6) is 0.0107. The number of carboxylic acids is 1. The third-order valence-corrected chi connectivity index (χ3v) is 4.88. The summed E-state index contributed by atoms with van der Waals surface area (Å²) in [5, 5.41) is 9.37. The molecule has 0 aliphatic rings. The topological polar surface area (TPSA) is 70.8 Å². The zero-order chi connectivity index (χ0) is 19.8. The molecule has 2 aromatic rings. The maximum absolute atomic E-state index is 12.6. The molecule has 0 saturated heterocycles. The van der Waals surface area contributed by atoms with Crippen LogP contribution in [0.15, 0.2) is 45.7 Å². The highest BCUT2D eigenvalue weighted by atomic mass is 35.5. The molecule has 0 atom stereocenters. The lowest BCUT2D eigenvalue weighted by Crippen LogP contribution is -2.30. The van der Waals surface area contributed by atoms with E-state index in [1.807, 2.05) is 18.2 Å². The Labute approximate surface area is 172 Å². The third kappa shape index (κ3) is 6.23. The Morgan fingerprint density at radius 1 is 1.26 bits per heavy atom. The zero-order valence-electron chi connectivity index (χ0n) is 14.6. The van der Waals surface area contributed by atoms with E-state index in [0.29, 0.717) is 27.9 Å². The summed E-state index contributed by atoms with van der Waals surface area (Å²) in [6.45, 7) is 0.251. The highest BCUT2D eigenvalue weighted by Gasteiger charge is 2.17. The maximum atomic E-state index is 12.6. The molecule has 0 spiro atoms. The van der Waals surface area contributed by atoms with Crippen LogP contribution in [-0.4, -0.2) is 40.2 Å². The zero-order valence-corrected chi connectivity index (χ0v) is 16.9. The molecule has 0 radical (unpaired) electrons. The van der Waals surface area contributed by atoms with Crippen LogP contribution in [-0.2, 0) is 9.59 Å². The molecular formula is C19H18ClNO4S2. The second-order valence-corrected chi connectivity index (χ2v) is 7.02. The number of aliphatic carboxylic acids is 1. The van der Waals surface area contributed by atoms with E-state index in [-0.39, 0.29) is 18.9 Å². The number of hydrogen-bond acceptors (Lipinski definition) is 5. The summed E-state index contributed by atoms with van der Waals surface area (Å²) in [7, 11) is 0. The second-order valence-electron chi connectivity index (χ2n) is 5.52. The summed E-state index contributed by atoms with van der Waals surface area (Å²) in [6.07, 6.45) is 3.74. The number of thiocarbonyl (C=S) groups is 1. The Bertz CT molecular complexity index is 846. The van der Waals surface area contributed by atoms with E-state index in [1.54, 1.807) is 30.5 Å². The molecule has 0 saturated carbocycles. The van der Waals surface area contributed by atoms with E-state index in [0.717, 1.165) is 5.56 Å². The Kier molecular flexibility index (Phi) is 8.09. The number of rotatable bonds is 9. The molecule has 1 aromatic heterocycles. The minimum Gasteiger partial charge on any atom is -0.481 e. The summed E-state index contributed by atoms with van der Waals surface area (Å²) in [6, 6.07) is 10.9. The highest BCUT2D eigenvalue weighted by molar-refractivity contribution is 8.03. The predicted octanol–water partition coefficient (Wildman–Crippen LogP) is 4.95. The Balaban J connectivity index is 2.14. The molecule has 0 fully saturated rings. The van der Waals surface area contributed by atoms with Gasteiger partial charge in [0.2, 0.25) is 0 Å². The number of furan rings is 1. The van der Waals surface area contributed by atoms with Crippen LogP contribution < -0.4 is 0 Å². The summed E-state index contributed by atoms with van der Waals surface area (Å²) >= 11 is 12.1. The van der Waals surface area contributed by atoms with Crippen molar-refractivity contribution in [3.05, 3.63) is 52.1 Å². The van der Waals surface area contributed by atoms with Gasteiger partial charge in [-0.15, -0.1) is 11.8 Å². The van der Waals surface area contributed by atoms with Gasteiger partial charge in [0.05, 0.1) is 10.4 Å². The van der Waals surface area contributed by atoms with Crippen LogP contribution in [0, 0.1) is 0 Å². The van der Waals surface area contributed by atoms with E-state index in [4.69, 9.17) is 33.3 Å². The molecular weight excluding hydrogens is 406 g/mol. The lowest BCUT2D eigenvalue weighted by molar-refractivity contribution is -0.137. The van der Waals surface area contributed by atoms with Gasteiger partial charge in [0.15, 0.2) is 0 Å². The van der Waals surface area contributed by atoms with Crippen molar-refractivity contribution in [1.82, 2.24) is 4.90 Å². The average Bonchev–Trinajstić information content (AvgIpc) is 3.11. The lowest BCUT2D eigenvalue weighted by Gasteiger charge is -2.17. The molecule has 1 amide bonds. The molecule has 0 bridgehead atoms. The maximum Gasteiger partial charge on any atom is 0.303 e. The van der Waals surface area contributed by atoms with Crippen molar-refractivity contribution in [2.24, 2.45) is 0 Å². The highest BCUT2D eigenvalue weighted by Crippen LogP contribution is 2.26. The van der Waals surface area contributed by atoms with Crippen LogP contribution in [0.3, 0.4) is 0 Å². The molecule has 2 rings (SSSR count). The van der Waals surface area contributed by atoms with Gasteiger partial charge in [0.1, 0.15) is 11.5 Å². The van der Waals surface area contributed by atoms with Crippen molar-refractivity contribution in [3.8, 4) is 11.3 Å². The van der Waals surface area contributed by atoms with Crippen molar-refractivity contribution >= 4 is 59.0 Å². The average molecular weight is 424 g/mol. The number of carbonyl (C=O) groups excluding carboxylic acids is 1. The molecule has 0 aliphatic heterocycles. The number of halogens is 1. The largest absolute Gasteiger partial charge is 0.481 e. The van der Waals surface area contributed by atoms with Crippen molar-refractivity contribution in [3.63, 3.8) is 0 Å². The molecule has 5 nitrogen and oxygen atoms in total. The van der Waals surface area contributed by atoms with Gasteiger partial charge >= 0.3 is 5.97 Å². The number of hydrogen-bond donors (Lipinski definition) is 1. The normalized spacial score (nSPS) is 11.3. The minimum absolute atomic E-state index is 0.0199. The molecule has 0 unspecified atom stereocenters. The van der Waals surface area contributed by atoms with Crippen LogP contribution >= 0.6 is 35.6 Å². The van der Waals surface area contributed by atoms with Crippen molar-refractivity contribution in [2.75, 3.05) is 12.8 Å². The standard InChI is InChI=1S/C19H18ClNO4S2/c1-27-17(19(24)21(12-26)10-2-3-18(22)23)11-15-8-9-16(25-15)13-4-6-14(20)7-5-13/h4-9,11-12H,2-3,10H2,1H3,(H,22,23)/b17-11+. The van der Waals surface area contributed by atoms with Crippen LogP contribution in [0.25, 0.3) is 17.4 Å². The third-order valence-electron chi connectivity index (χ3n) is 3.64. The van der Waals surface area contributed by atoms with E-state index < -0.39 is 5.97 Å². The molecule has 1 aromatic carbocycles. The lowest BCUT2D eigenvalue weighted by atomic mass is 10.2. The fourth-order valence-electron chi connectivity index (χ4n) is 2.28. The van der Waals surface area contributed by atoms with E-state index in [9.17, 15) is 9.59 Å². The van der Waals surface area contributed by atoms with E-state index >= 15 is 0 Å². The van der Waals surface area contributed by atoms with Gasteiger partial charge < -0.3 is 14.4 Å². The SMILES string of the molecule is CS/C(=C/c1ccc(-c2ccc(Cl)cc2)o1)C(=O)N(C=S)CCCC(=O)O. The predicted molar refractivity (Wildman–Crippen MR) is 113 cm³/mol. The number of amides is 1. The first-order valence-corrected chi connectivity index (χ1v) is 10.1. The summed E-state index contributed by atoms with van der Waals surface area (Å²) in [5.41, 5.74) is 2.13. The first-order chi connectivity index (χ1) is 12.9. The van der Waals surface area contributed by atoms with Crippen LogP contribution in [0.2, 0.25) is 5.02 Å². The van der Waals surface area contributed by atoms with Crippen molar-refractivity contribution < 1.29 is 19.1 Å². The second kappa shape index (κ2) is 10.3. The number of thioether (sulfide) groups is 1. The Morgan fingerprint density at radius 2 is 1.96 bits per heavy atom. The molecule has 142 valence electrons. The first-order valence-electron chi connectivity index (χ1n) is 8.04. The van der Waals surface area contributed by atoms with Gasteiger partial charge in [0, 0.05) is 23.6 Å². The molecule has 1 heterocycles. The van der Waals surface area contributed by atoms with E-state index in [2.05, 4.69) is 0 Å². The fourth-order valence-corrected chi connectivity index (χ4v) is 3.13. The number of carbonyl (C=O) groups is 2. The van der Waals surface area contributed by atoms with Gasteiger partial charge in [-0.2, -0.15) is 0 Å². The molecule has 1 N–H and O–H groups in total. The summed E-state index contributed by atoms with van der Waals surface area (Å²) in [4.78, 5) is 25.1. The van der Waals surface area contributed by atoms with E-state index in [1.165, 1.54) is 22.2 Å². The van der Waals surface area contributed by atoms with Crippen LogP contribution in [0.4, 0.5) is 0 Å². The van der Waals surface area contributed by atoms with Gasteiger partial charge in [-0.3, -0.25) is 9.59 Å². The van der Waals surface area contributed by atoms with Crippen molar-refractivity contribution in [1.29, 1.82) is 0 Å². The number of carboxylic acid groups (broad SMARTS) is 1. The quantitative estimate of drug-likeness (QED) is 0.454. The Hall–Kier alpha value is -2.09. The van der Waals surface area contributed by atoms with Gasteiger partial charge in [0.25, 0.3) is 5.91 Å². The Morgan fingerprint density at radius 3 is 2.56 bits per heavy atom.